The van der Waals surface area contributed by atoms with Crippen molar-refractivity contribution in [1.82, 2.24) is 5.32 Å². The number of hydrogen-bond donors (Lipinski definition) is 1. The molecule has 2 rings (SSSR count). The molecule has 0 aromatic carbocycles. The summed E-state index contributed by atoms with van der Waals surface area (Å²) in [6, 6.07) is 0. The molecule has 0 radical (unpaired) electrons. The minimum Gasteiger partial charge on any atom is -0.497 e. The van der Waals surface area contributed by atoms with Gasteiger partial charge in [0.25, 0.3) is 0 Å². The number of rotatable bonds is 0. The van der Waals surface area contributed by atoms with E-state index in [2.05, 4.69) is 11.4 Å². The van der Waals surface area contributed by atoms with Gasteiger partial charge in [-0.05, 0) is 12.5 Å². The molecule has 0 aromatic rings. The highest BCUT2D eigenvalue weighted by molar-refractivity contribution is 5.33. The highest BCUT2D eigenvalue weighted by atomic mass is 16.5. The van der Waals surface area contributed by atoms with E-state index >= 15 is 0 Å². The maximum absolute atomic E-state index is 5.10. The third-order valence-corrected chi connectivity index (χ3v) is 1.67. The maximum atomic E-state index is 5.10. The predicted octanol–water partition coefficient (Wildman–Crippen LogP) is 0.778. The molecule has 2 aliphatic rings. The first-order valence-corrected chi connectivity index (χ1v) is 3.22. The molecule has 2 nitrogen and oxygen atoms in total. The second kappa shape index (κ2) is 1.79. The summed E-state index contributed by atoms with van der Waals surface area (Å²) >= 11 is 0. The molecule has 0 saturated carbocycles. The SMILES string of the molecule is C1=C2CCNC2=CCO1. The molecule has 1 saturated heterocycles. The Labute approximate surface area is 54.2 Å². The zero-order chi connectivity index (χ0) is 6.10. The van der Waals surface area contributed by atoms with Gasteiger partial charge in [-0.25, -0.2) is 0 Å². The topological polar surface area (TPSA) is 21.3 Å². The van der Waals surface area contributed by atoms with Crippen LogP contribution in [0.1, 0.15) is 6.42 Å². The van der Waals surface area contributed by atoms with Gasteiger partial charge in [-0.15, -0.1) is 0 Å². The van der Waals surface area contributed by atoms with Gasteiger partial charge in [-0.1, -0.05) is 0 Å². The second-order valence-electron chi connectivity index (χ2n) is 2.27. The van der Waals surface area contributed by atoms with E-state index < -0.39 is 0 Å². The Hall–Kier alpha value is -0.920. The fourth-order valence-electron chi connectivity index (χ4n) is 1.19. The molecule has 0 aliphatic carbocycles. The van der Waals surface area contributed by atoms with Crippen LogP contribution < -0.4 is 5.32 Å². The van der Waals surface area contributed by atoms with Crippen LogP contribution in [0.4, 0.5) is 0 Å². The molecule has 2 heteroatoms. The largest absolute Gasteiger partial charge is 0.497 e. The van der Waals surface area contributed by atoms with Crippen molar-refractivity contribution in [3.63, 3.8) is 0 Å². The van der Waals surface area contributed by atoms with Crippen LogP contribution in [0.25, 0.3) is 0 Å². The minimum absolute atomic E-state index is 0.728. The summed E-state index contributed by atoms with van der Waals surface area (Å²) in [5, 5.41) is 3.27. The molecule has 1 N–H and O–H groups in total. The number of nitrogens with one attached hydrogen (secondary N) is 1. The maximum Gasteiger partial charge on any atom is 0.108 e. The third-order valence-electron chi connectivity index (χ3n) is 1.67. The van der Waals surface area contributed by atoms with Crippen LogP contribution in [-0.2, 0) is 4.74 Å². The molecular weight excluding hydrogens is 114 g/mol. The van der Waals surface area contributed by atoms with Gasteiger partial charge in [0.05, 0.1) is 6.26 Å². The van der Waals surface area contributed by atoms with Crippen molar-refractivity contribution in [3.05, 3.63) is 23.6 Å². The first-order chi connectivity index (χ1) is 4.47. The Balaban J connectivity index is 2.30. The first kappa shape index (κ1) is 4.91. The molecular formula is C7H9NO. The molecule has 0 aromatic heterocycles. The Kier molecular flexibility index (Phi) is 0.979. The average Bonchev–Trinajstić information content (AvgIpc) is 2.33. The highest BCUT2D eigenvalue weighted by Crippen LogP contribution is 2.20. The summed E-state index contributed by atoms with van der Waals surface area (Å²) in [6.07, 6.45) is 5.06. The van der Waals surface area contributed by atoms with E-state index in [1.807, 2.05) is 6.26 Å². The minimum atomic E-state index is 0.728. The van der Waals surface area contributed by atoms with Gasteiger partial charge in [0.15, 0.2) is 0 Å². The van der Waals surface area contributed by atoms with Crippen molar-refractivity contribution >= 4 is 0 Å². The number of allylic oxidation sites excluding steroid dienone is 1. The molecule has 9 heavy (non-hydrogen) atoms. The Morgan fingerprint density at radius 3 is 3.44 bits per heavy atom. The zero-order valence-electron chi connectivity index (χ0n) is 5.18. The quantitative estimate of drug-likeness (QED) is 0.514. The molecule has 0 unspecified atom stereocenters. The van der Waals surface area contributed by atoms with Gasteiger partial charge >= 0.3 is 0 Å². The first-order valence-electron chi connectivity index (χ1n) is 3.22. The Morgan fingerprint density at radius 2 is 2.56 bits per heavy atom. The van der Waals surface area contributed by atoms with E-state index in [0.717, 1.165) is 19.6 Å². The third kappa shape index (κ3) is 0.707. The Morgan fingerprint density at radius 1 is 1.56 bits per heavy atom. The predicted molar refractivity (Wildman–Crippen MR) is 34.7 cm³/mol. The van der Waals surface area contributed by atoms with Crippen LogP contribution in [0.2, 0.25) is 0 Å². The summed E-state index contributed by atoms with van der Waals surface area (Å²) in [5.74, 6) is 0. The lowest BCUT2D eigenvalue weighted by Gasteiger charge is -2.07. The molecule has 2 aliphatic heterocycles. The fraction of sp³-hybridized carbons (Fsp3) is 0.429. The van der Waals surface area contributed by atoms with Gasteiger partial charge in [-0.3, -0.25) is 0 Å². The van der Waals surface area contributed by atoms with Crippen molar-refractivity contribution in [3.8, 4) is 0 Å². The smallest absolute Gasteiger partial charge is 0.108 e. The standard InChI is InChI=1S/C7H9NO/c1-3-8-7-2-4-9-5-6(1)7/h2,5,8H,1,3-4H2. The van der Waals surface area contributed by atoms with E-state index in [0.29, 0.717) is 0 Å². The highest BCUT2D eigenvalue weighted by Gasteiger charge is 2.14. The zero-order valence-corrected chi connectivity index (χ0v) is 5.18. The lowest BCUT2D eigenvalue weighted by atomic mass is 10.2. The van der Waals surface area contributed by atoms with Crippen molar-refractivity contribution in [2.75, 3.05) is 13.2 Å². The van der Waals surface area contributed by atoms with Crippen LogP contribution in [0.3, 0.4) is 0 Å². The fourth-order valence-corrected chi connectivity index (χ4v) is 1.19. The molecule has 0 spiro atoms. The van der Waals surface area contributed by atoms with Gasteiger partial charge < -0.3 is 10.1 Å². The van der Waals surface area contributed by atoms with E-state index in [-0.39, 0.29) is 0 Å². The number of ether oxygens (including phenoxy) is 1. The van der Waals surface area contributed by atoms with Crippen molar-refractivity contribution in [2.45, 2.75) is 6.42 Å². The normalized spacial score (nSPS) is 23.1. The summed E-state index contributed by atoms with van der Waals surface area (Å²) in [4.78, 5) is 0. The van der Waals surface area contributed by atoms with Crippen molar-refractivity contribution < 1.29 is 4.74 Å². The molecule has 1 fully saturated rings. The van der Waals surface area contributed by atoms with Crippen LogP contribution >= 0.6 is 0 Å². The number of hydrogen-bond acceptors (Lipinski definition) is 2. The van der Waals surface area contributed by atoms with Crippen LogP contribution in [-0.4, -0.2) is 13.2 Å². The van der Waals surface area contributed by atoms with E-state index in [1.54, 1.807) is 0 Å². The van der Waals surface area contributed by atoms with Gasteiger partial charge in [-0.2, -0.15) is 0 Å². The molecule has 2 heterocycles. The summed E-state index contributed by atoms with van der Waals surface area (Å²) in [5.41, 5.74) is 2.60. The molecule has 0 bridgehead atoms. The van der Waals surface area contributed by atoms with E-state index in [4.69, 9.17) is 4.74 Å². The average molecular weight is 123 g/mol. The molecule has 0 amide bonds. The Bertz CT molecular complexity index is 161. The van der Waals surface area contributed by atoms with E-state index in [1.165, 1.54) is 11.3 Å². The summed E-state index contributed by atoms with van der Waals surface area (Å²) in [7, 11) is 0. The van der Waals surface area contributed by atoms with Gasteiger partial charge in [0.1, 0.15) is 6.61 Å². The summed E-state index contributed by atoms with van der Waals surface area (Å²) in [6.45, 7) is 1.80. The lowest BCUT2D eigenvalue weighted by Crippen LogP contribution is -2.06. The monoisotopic (exact) mass is 123 g/mol. The number of fused-ring (bicyclic) bond motifs is 1. The second-order valence-corrected chi connectivity index (χ2v) is 2.27. The van der Waals surface area contributed by atoms with Crippen LogP contribution in [0.5, 0.6) is 0 Å². The van der Waals surface area contributed by atoms with E-state index in [9.17, 15) is 0 Å². The van der Waals surface area contributed by atoms with Crippen molar-refractivity contribution in [2.24, 2.45) is 0 Å². The van der Waals surface area contributed by atoms with Gasteiger partial charge in [0, 0.05) is 17.8 Å². The molecule has 0 atom stereocenters. The van der Waals surface area contributed by atoms with Crippen LogP contribution in [0.15, 0.2) is 23.6 Å². The van der Waals surface area contributed by atoms with Crippen LogP contribution in [0, 0.1) is 0 Å². The van der Waals surface area contributed by atoms with Gasteiger partial charge in [0.2, 0.25) is 0 Å². The lowest BCUT2D eigenvalue weighted by molar-refractivity contribution is 0.280. The van der Waals surface area contributed by atoms with Crippen molar-refractivity contribution in [1.29, 1.82) is 0 Å². The molecule has 48 valence electrons. The summed E-state index contributed by atoms with van der Waals surface area (Å²) < 4.78 is 5.10.